The van der Waals surface area contributed by atoms with Gasteiger partial charge in [0.25, 0.3) is 0 Å². The summed E-state index contributed by atoms with van der Waals surface area (Å²) in [5.41, 5.74) is 6.23. The van der Waals surface area contributed by atoms with Crippen LogP contribution in [-0.4, -0.2) is 42.3 Å². The van der Waals surface area contributed by atoms with Crippen LogP contribution >= 0.6 is 11.9 Å². The molecule has 0 bridgehead atoms. The lowest BCUT2D eigenvalue weighted by molar-refractivity contribution is 0.184. The van der Waals surface area contributed by atoms with Crippen molar-refractivity contribution in [1.29, 1.82) is 0 Å². The summed E-state index contributed by atoms with van der Waals surface area (Å²) in [6.45, 7) is 4.95. The van der Waals surface area contributed by atoms with Crippen LogP contribution in [0.5, 0.6) is 5.75 Å². The third-order valence-corrected chi connectivity index (χ3v) is 6.63. The second-order valence-electron chi connectivity index (χ2n) is 7.88. The number of nitrogens with zero attached hydrogens (tertiary/aromatic N) is 2. The standard InChI is InChI=1S/C22H29N3O4S/c1-27-23-19-4-3-17-11-24(12-18(17)9-19)13-20-10-21(26)22(15-28-20)29-14-16-5-7-25(30-2)8-6-16/h3-4,9-10,15-16,23H,5-8,11-14H2,1-2H3. The van der Waals surface area contributed by atoms with E-state index in [-0.39, 0.29) is 5.43 Å². The van der Waals surface area contributed by atoms with Crippen molar-refractivity contribution in [3.05, 3.63) is 57.6 Å². The van der Waals surface area contributed by atoms with Gasteiger partial charge in [-0.25, -0.2) is 0 Å². The molecule has 0 spiro atoms. The summed E-state index contributed by atoms with van der Waals surface area (Å²) in [4.78, 5) is 19.7. The van der Waals surface area contributed by atoms with Crippen LogP contribution in [0.25, 0.3) is 0 Å². The first-order chi connectivity index (χ1) is 14.6. The van der Waals surface area contributed by atoms with Crippen molar-refractivity contribution < 1.29 is 14.0 Å². The van der Waals surface area contributed by atoms with Gasteiger partial charge < -0.3 is 9.15 Å². The summed E-state index contributed by atoms with van der Waals surface area (Å²) in [6.07, 6.45) is 5.78. The molecular weight excluding hydrogens is 402 g/mol. The molecular formula is C22H29N3O4S. The molecule has 0 amide bonds. The lowest BCUT2D eigenvalue weighted by Gasteiger charge is -2.29. The fourth-order valence-electron chi connectivity index (χ4n) is 4.07. The minimum Gasteiger partial charge on any atom is -0.486 e. The summed E-state index contributed by atoms with van der Waals surface area (Å²) < 4.78 is 13.9. The zero-order valence-electron chi connectivity index (χ0n) is 17.6. The van der Waals surface area contributed by atoms with E-state index < -0.39 is 0 Å². The molecule has 4 rings (SSSR count). The van der Waals surface area contributed by atoms with E-state index in [0.717, 1.165) is 44.7 Å². The van der Waals surface area contributed by atoms with Crippen LogP contribution in [0.3, 0.4) is 0 Å². The number of ether oxygens (including phenoxy) is 1. The molecule has 0 aliphatic carbocycles. The largest absolute Gasteiger partial charge is 0.486 e. The Bertz CT molecular complexity index is 911. The Balaban J connectivity index is 1.30. The minimum atomic E-state index is -0.110. The van der Waals surface area contributed by atoms with Gasteiger partial charge in [0, 0.05) is 32.2 Å². The van der Waals surface area contributed by atoms with Gasteiger partial charge >= 0.3 is 0 Å². The molecule has 7 nitrogen and oxygen atoms in total. The zero-order chi connectivity index (χ0) is 20.9. The molecule has 1 aromatic carbocycles. The molecule has 30 heavy (non-hydrogen) atoms. The van der Waals surface area contributed by atoms with Crippen LogP contribution in [0, 0.1) is 5.92 Å². The first-order valence-electron chi connectivity index (χ1n) is 10.3. The van der Waals surface area contributed by atoms with Gasteiger partial charge in [0.2, 0.25) is 11.2 Å². The third kappa shape index (κ3) is 5.18. The second kappa shape index (κ2) is 9.87. The van der Waals surface area contributed by atoms with E-state index in [4.69, 9.17) is 14.0 Å². The Morgan fingerprint density at radius 3 is 2.73 bits per heavy atom. The number of hydrogen-bond acceptors (Lipinski definition) is 8. The Morgan fingerprint density at radius 1 is 1.20 bits per heavy atom. The molecule has 1 fully saturated rings. The maximum atomic E-state index is 12.5. The maximum absolute atomic E-state index is 12.5. The quantitative estimate of drug-likeness (QED) is 0.503. The second-order valence-corrected chi connectivity index (χ2v) is 8.76. The van der Waals surface area contributed by atoms with Crippen LogP contribution in [0.2, 0.25) is 0 Å². The fourth-order valence-corrected chi connectivity index (χ4v) is 4.65. The van der Waals surface area contributed by atoms with Crippen molar-refractivity contribution in [3.63, 3.8) is 0 Å². The van der Waals surface area contributed by atoms with Gasteiger partial charge in [0.1, 0.15) is 12.0 Å². The fraction of sp³-hybridized carbons (Fsp3) is 0.500. The van der Waals surface area contributed by atoms with Crippen LogP contribution in [0.1, 0.15) is 29.7 Å². The van der Waals surface area contributed by atoms with Gasteiger partial charge in [0.05, 0.1) is 25.9 Å². The average molecular weight is 432 g/mol. The summed E-state index contributed by atoms with van der Waals surface area (Å²) in [6, 6.07) is 7.76. The van der Waals surface area contributed by atoms with Crippen molar-refractivity contribution >= 4 is 17.6 Å². The molecule has 1 aromatic heterocycles. The van der Waals surface area contributed by atoms with Crippen molar-refractivity contribution in [2.45, 2.75) is 32.5 Å². The van der Waals surface area contributed by atoms with E-state index in [1.54, 1.807) is 25.1 Å². The highest BCUT2D eigenvalue weighted by molar-refractivity contribution is 7.96. The van der Waals surface area contributed by atoms with Crippen LogP contribution in [-0.2, 0) is 24.5 Å². The summed E-state index contributed by atoms with van der Waals surface area (Å²) in [7, 11) is 1.60. The Kier molecular flexibility index (Phi) is 6.99. The molecule has 0 saturated carbocycles. The van der Waals surface area contributed by atoms with Crippen LogP contribution < -0.4 is 15.6 Å². The summed E-state index contributed by atoms with van der Waals surface area (Å²) >= 11 is 1.79. The van der Waals surface area contributed by atoms with Gasteiger partial charge in [-0.2, -0.15) is 0 Å². The number of hydrogen-bond donors (Lipinski definition) is 1. The topological polar surface area (TPSA) is 67.2 Å². The van der Waals surface area contributed by atoms with E-state index in [1.807, 2.05) is 6.07 Å². The molecule has 1 N–H and O–H groups in total. The van der Waals surface area contributed by atoms with Crippen LogP contribution in [0.15, 0.2) is 39.7 Å². The molecule has 8 heteroatoms. The molecule has 2 aliphatic rings. The molecule has 0 atom stereocenters. The predicted molar refractivity (Wildman–Crippen MR) is 118 cm³/mol. The number of benzene rings is 1. The lowest BCUT2D eigenvalue weighted by Crippen LogP contribution is -2.31. The van der Waals surface area contributed by atoms with Gasteiger partial charge in [0.15, 0.2) is 0 Å². The van der Waals surface area contributed by atoms with E-state index in [9.17, 15) is 4.79 Å². The maximum Gasteiger partial charge on any atom is 0.227 e. The highest BCUT2D eigenvalue weighted by Gasteiger charge is 2.22. The third-order valence-electron chi connectivity index (χ3n) is 5.75. The highest BCUT2D eigenvalue weighted by Crippen LogP contribution is 2.27. The molecule has 162 valence electrons. The number of nitrogens with one attached hydrogen (secondary N) is 1. The molecule has 0 unspecified atom stereocenters. The van der Waals surface area contributed by atoms with E-state index in [0.29, 0.717) is 30.6 Å². The number of rotatable bonds is 8. The zero-order valence-corrected chi connectivity index (χ0v) is 18.4. The Hall–Kier alpha value is -2.00. The number of fused-ring (bicyclic) bond motifs is 1. The lowest BCUT2D eigenvalue weighted by atomic mass is 9.99. The normalized spacial score (nSPS) is 17.8. The van der Waals surface area contributed by atoms with Crippen molar-refractivity contribution in [2.24, 2.45) is 5.92 Å². The summed E-state index contributed by atoms with van der Waals surface area (Å²) in [5, 5.41) is 0. The van der Waals surface area contributed by atoms with Crippen molar-refractivity contribution in [1.82, 2.24) is 9.21 Å². The van der Waals surface area contributed by atoms with E-state index >= 15 is 0 Å². The van der Waals surface area contributed by atoms with E-state index in [1.165, 1.54) is 17.4 Å². The van der Waals surface area contributed by atoms with Crippen LogP contribution in [0.4, 0.5) is 5.69 Å². The van der Waals surface area contributed by atoms with Crippen molar-refractivity contribution in [2.75, 3.05) is 38.5 Å². The molecule has 2 aromatic rings. The molecule has 2 aliphatic heterocycles. The SMILES string of the molecule is CONc1ccc2c(c1)CN(Cc1cc(=O)c(OCC3CCN(SC)CC3)co1)C2. The first-order valence-corrected chi connectivity index (χ1v) is 11.5. The minimum absolute atomic E-state index is 0.110. The Morgan fingerprint density at radius 2 is 2.00 bits per heavy atom. The monoisotopic (exact) mass is 431 g/mol. The highest BCUT2D eigenvalue weighted by atomic mass is 32.2. The van der Waals surface area contributed by atoms with Gasteiger partial charge in [-0.15, -0.1) is 0 Å². The van der Waals surface area contributed by atoms with E-state index in [2.05, 4.69) is 33.1 Å². The first kappa shape index (κ1) is 21.2. The molecule has 3 heterocycles. The molecule has 0 radical (unpaired) electrons. The van der Waals surface area contributed by atoms with Gasteiger partial charge in [-0.1, -0.05) is 18.0 Å². The number of piperidine rings is 1. The smallest absolute Gasteiger partial charge is 0.227 e. The Labute approximate surface area is 181 Å². The average Bonchev–Trinajstić information content (AvgIpc) is 3.15. The van der Waals surface area contributed by atoms with Crippen molar-refractivity contribution in [3.8, 4) is 5.75 Å². The predicted octanol–water partition coefficient (Wildman–Crippen LogP) is 3.50. The molecule has 1 saturated heterocycles. The van der Waals surface area contributed by atoms with Gasteiger partial charge in [-0.05, 0) is 48.3 Å². The van der Waals surface area contributed by atoms with Gasteiger partial charge in [-0.3, -0.25) is 24.3 Å². The summed E-state index contributed by atoms with van der Waals surface area (Å²) in [5.74, 6) is 1.46. The number of anilines is 1.